The molecule has 0 unspecified atom stereocenters. The van der Waals surface area contributed by atoms with Crippen LogP contribution in [0.15, 0.2) is 22.4 Å². The van der Waals surface area contributed by atoms with Crippen molar-refractivity contribution in [2.24, 2.45) is 0 Å². The van der Waals surface area contributed by atoms with Crippen molar-refractivity contribution in [3.63, 3.8) is 0 Å². The molecule has 124 valence electrons. The van der Waals surface area contributed by atoms with Gasteiger partial charge < -0.3 is 0 Å². The monoisotopic (exact) mass is 390 g/mol. The van der Waals surface area contributed by atoms with Crippen LogP contribution in [0.5, 0.6) is 0 Å². The Balaban J connectivity index is 1.68. The minimum absolute atomic E-state index is 0.0600. The van der Waals surface area contributed by atoms with Crippen LogP contribution in [-0.4, -0.2) is 14.3 Å². The van der Waals surface area contributed by atoms with Crippen molar-refractivity contribution in [3.8, 4) is 0 Å². The zero-order chi connectivity index (χ0) is 16.4. The lowest BCUT2D eigenvalue weighted by Crippen LogP contribution is -2.40. The standard InChI is InChI=1S/C14H15ClN2O3S3/c15-12-6-7-13(22-12)23(19,20)17-16-14(18)11-8-9-4-2-1-3-5-10(9)21-11/h6-8,17H,1-5H2,(H,16,18). The minimum Gasteiger partial charge on any atom is -0.273 e. The van der Waals surface area contributed by atoms with E-state index in [2.05, 4.69) is 10.3 Å². The number of hydrazine groups is 1. The van der Waals surface area contributed by atoms with Crippen LogP contribution in [0.3, 0.4) is 0 Å². The van der Waals surface area contributed by atoms with Gasteiger partial charge in [0.05, 0.1) is 9.21 Å². The van der Waals surface area contributed by atoms with Gasteiger partial charge in [0.15, 0.2) is 0 Å². The molecule has 0 aliphatic heterocycles. The average Bonchev–Trinajstić information content (AvgIpc) is 3.07. The molecular formula is C14H15ClN2O3S3. The molecule has 2 N–H and O–H groups in total. The number of carbonyl (C=O) groups excluding carboxylic acids is 1. The maximum atomic E-state index is 12.2. The Hall–Kier alpha value is -0.930. The molecule has 0 saturated heterocycles. The molecule has 5 nitrogen and oxygen atoms in total. The molecule has 2 aromatic heterocycles. The zero-order valence-electron chi connectivity index (χ0n) is 12.1. The second-order valence-corrected chi connectivity index (χ2v) is 10.00. The molecule has 0 atom stereocenters. The van der Waals surface area contributed by atoms with E-state index in [1.807, 2.05) is 6.07 Å². The number of nitrogens with one attached hydrogen (secondary N) is 2. The lowest BCUT2D eigenvalue weighted by atomic mass is 10.1. The van der Waals surface area contributed by atoms with E-state index in [1.165, 1.54) is 40.3 Å². The number of hydrogen-bond donors (Lipinski definition) is 2. The normalized spacial score (nSPS) is 15.0. The molecule has 0 radical (unpaired) electrons. The second-order valence-electron chi connectivity index (χ2n) is 5.24. The third-order valence-electron chi connectivity index (χ3n) is 3.58. The van der Waals surface area contributed by atoms with Gasteiger partial charge in [0.1, 0.15) is 4.21 Å². The molecule has 3 rings (SSSR count). The van der Waals surface area contributed by atoms with Crippen LogP contribution >= 0.6 is 34.3 Å². The Morgan fingerprint density at radius 3 is 2.65 bits per heavy atom. The largest absolute Gasteiger partial charge is 0.276 e. The van der Waals surface area contributed by atoms with E-state index in [1.54, 1.807) is 0 Å². The van der Waals surface area contributed by atoms with Crippen LogP contribution in [0, 0.1) is 0 Å². The van der Waals surface area contributed by atoms with Gasteiger partial charge in [-0.3, -0.25) is 10.2 Å². The van der Waals surface area contributed by atoms with Gasteiger partial charge in [-0.25, -0.2) is 8.42 Å². The lowest BCUT2D eigenvalue weighted by Gasteiger charge is -2.05. The smallest absolute Gasteiger partial charge is 0.273 e. The van der Waals surface area contributed by atoms with E-state index in [4.69, 9.17) is 11.6 Å². The van der Waals surface area contributed by atoms with Crippen LogP contribution in [0.2, 0.25) is 4.34 Å². The van der Waals surface area contributed by atoms with E-state index in [0.717, 1.165) is 37.0 Å². The quantitative estimate of drug-likeness (QED) is 0.620. The third kappa shape index (κ3) is 3.95. The van der Waals surface area contributed by atoms with Crippen molar-refractivity contribution in [2.45, 2.75) is 36.3 Å². The van der Waals surface area contributed by atoms with Crippen LogP contribution in [0.4, 0.5) is 0 Å². The van der Waals surface area contributed by atoms with E-state index < -0.39 is 15.9 Å². The van der Waals surface area contributed by atoms with Gasteiger partial charge in [-0.1, -0.05) is 18.0 Å². The summed E-state index contributed by atoms with van der Waals surface area (Å²) in [5, 5.41) is 0. The highest BCUT2D eigenvalue weighted by molar-refractivity contribution is 7.91. The van der Waals surface area contributed by atoms with E-state index in [-0.39, 0.29) is 4.21 Å². The summed E-state index contributed by atoms with van der Waals surface area (Å²) in [6.45, 7) is 0. The molecule has 1 aliphatic rings. The van der Waals surface area contributed by atoms with Gasteiger partial charge in [0, 0.05) is 4.88 Å². The van der Waals surface area contributed by atoms with Gasteiger partial charge in [0.2, 0.25) is 0 Å². The first-order valence-electron chi connectivity index (χ1n) is 7.15. The highest BCUT2D eigenvalue weighted by Gasteiger charge is 2.20. The predicted molar refractivity (Wildman–Crippen MR) is 92.7 cm³/mol. The molecule has 0 saturated carbocycles. The molecular weight excluding hydrogens is 376 g/mol. The fourth-order valence-corrected chi connectivity index (χ4v) is 5.92. The second kappa shape index (κ2) is 6.90. The van der Waals surface area contributed by atoms with Gasteiger partial charge in [0.25, 0.3) is 15.9 Å². The van der Waals surface area contributed by atoms with Gasteiger partial charge in [-0.05, 0) is 49.4 Å². The minimum atomic E-state index is -3.79. The van der Waals surface area contributed by atoms with E-state index in [0.29, 0.717) is 9.21 Å². The van der Waals surface area contributed by atoms with Crippen molar-refractivity contribution in [1.82, 2.24) is 10.3 Å². The molecule has 2 aromatic rings. The number of hydrogen-bond acceptors (Lipinski definition) is 5. The Morgan fingerprint density at radius 2 is 1.91 bits per heavy atom. The molecule has 1 aliphatic carbocycles. The molecule has 2 heterocycles. The van der Waals surface area contributed by atoms with Gasteiger partial charge >= 0.3 is 0 Å². The number of rotatable bonds is 4. The first-order chi connectivity index (χ1) is 11.0. The summed E-state index contributed by atoms with van der Waals surface area (Å²) in [7, 11) is -3.79. The summed E-state index contributed by atoms with van der Waals surface area (Å²) in [6, 6.07) is 4.77. The molecule has 1 amide bonds. The molecule has 23 heavy (non-hydrogen) atoms. The summed E-state index contributed by atoms with van der Waals surface area (Å²) < 4.78 is 24.5. The molecule has 0 aromatic carbocycles. The molecule has 0 fully saturated rings. The van der Waals surface area contributed by atoms with Crippen molar-refractivity contribution in [1.29, 1.82) is 0 Å². The van der Waals surface area contributed by atoms with Crippen LogP contribution in [-0.2, 0) is 22.9 Å². The zero-order valence-corrected chi connectivity index (χ0v) is 15.3. The summed E-state index contributed by atoms with van der Waals surface area (Å²) >= 11 is 8.11. The SMILES string of the molecule is O=C(NNS(=O)(=O)c1ccc(Cl)s1)c1cc2c(s1)CCCCC2. The van der Waals surface area contributed by atoms with Crippen molar-refractivity contribution in [2.75, 3.05) is 0 Å². The average molecular weight is 391 g/mol. The van der Waals surface area contributed by atoms with Crippen molar-refractivity contribution < 1.29 is 13.2 Å². The van der Waals surface area contributed by atoms with Gasteiger partial charge in [-0.2, -0.15) is 0 Å². The summed E-state index contributed by atoms with van der Waals surface area (Å²) in [4.78, 5) is 16.1. The van der Waals surface area contributed by atoms with Crippen molar-refractivity contribution in [3.05, 3.63) is 37.9 Å². The third-order valence-corrected chi connectivity index (χ3v) is 7.79. The number of sulfonamides is 1. The number of halogens is 1. The number of fused-ring (bicyclic) bond motifs is 1. The number of aryl methyl sites for hydroxylation is 2. The molecule has 9 heteroatoms. The maximum Gasteiger partial charge on any atom is 0.276 e. The molecule has 0 spiro atoms. The Kier molecular flexibility index (Phi) is 5.07. The number of carbonyl (C=O) groups is 1. The first-order valence-corrected chi connectivity index (χ1v) is 10.6. The fourth-order valence-electron chi connectivity index (χ4n) is 2.45. The maximum absolute atomic E-state index is 12.2. The summed E-state index contributed by atoms with van der Waals surface area (Å²) in [5.74, 6) is -0.436. The Bertz CT molecular complexity index is 803. The predicted octanol–water partition coefficient (Wildman–Crippen LogP) is 3.36. The number of amides is 1. The topological polar surface area (TPSA) is 75.3 Å². The van der Waals surface area contributed by atoms with Crippen LogP contribution in [0.1, 0.15) is 39.4 Å². The van der Waals surface area contributed by atoms with E-state index >= 15 is 0 Å². The Labute approximate surface area is 147 Å². The van der Waals surface area contributed by atoms with Gasteiger partial charge in [-0.15, -0.1) is 27.5 Å². The van der Waals surface area contributed by atoms with Crippen LogP contribution < -0.4 is 10.3 Å². The lowest BCUT2D eigenvalue weighted by molar-refractivity contribution is 0.0949. The summed E-state index contributed by atoms with van der Waals surface area (Å²) in [5.41, 5.74) is 3.48. The summed E-state index contributed by atoms with van der Waals surface area (Å²) in [6.07, 6.45) is 5.47. The van der Waals surface area contributed by atoms with E-state index in [9.17, 15) is 13.2 Å². The molecule has 0 bridgehead atoms. The van der Waals surface area contributed by atoms with Crippen LogP contribution in [0.25, 0.3) is 0 Å². The highest BCUT2D eigenvalue weighted by Crippen LogP contribution is 2.29. The van der Waals surface area contributed by atoms with Crippen molar-refractivity contribution >= 4 is 50.2 Å². The Morgan fingerprint density at radius 1 is 1.13 bits per heavy atom. The fraction of sp³-hybridized carbons (Fsp3) is 0.357. The number of thiophene rings is 2. The first kappa shape index (κ1) is 16.9. The highest BCUT2D eigenvalue weighted by atomic mass is 35.5.